The average molecular weight is 160 g/mol. The van der Waals surface area contributed by atoms with Crippen LogP contribution < -0.4 is 5.73 Å². The van der Waals surface area contributed by atoms with Crippen LogP contribution in [0.1, 0.15) is 32.6 Å². The predicted molar refractivity (Wildman–Crippen MR) is 43.7 cm³/mol. The second-order valence-electron chi connectivity index (χ2n) is 3.52. The molecule has 3 heteroatoms. The molecule has 0 radical (unpaired) electrons. The van der Waals surface area contributed by atoms with Gasteiger partial charge in [0.1, 0.15) is 0 Å². The summed E-state index contributed by atoms with van der Waals surface area (Å²) in [6.45, 7) is 3.14. The molecule has 0 aromatic carbocycles. The van der Waals surface area contributed by atoms with E-state index >= 15 is 0 Å². The Labute approximate surface area is 67.5 Å². The van der Waals surface area contributed by atoms with Crippen LogP contribution in [0.5, 0.6) is 0 Å². The van der Waals surface area contributed by atoms with E-state index in [0.717, 1.165) is 30.8 Å². The minimum Gasteiger partial charge on any atom is -0.325 e. The third kappa shape index (κ3) is 2.42. The van der Waals surface area contributed by atoms with Crippen molar-refractivity contribution < 1.29 is 4.48 Å². The van der Waals surface area contributed by atoms with Gasteiger partial charge in [0.2, 0.25) is 0 Å². The van der Waals surface area contributed by atoms with Crippen molar-refractivity contribution in [2.75, 3.05) is 13.1 Å². The Morgan fingerprint density at radius 1 is 1.45 bits per heavy atom. The van der Waals surface area contributed by atoms with Crippen molar-refractivity contribution in [3.05, 3.63) is 0 Å². The van der Waals surface area contributed by atoms with Gasteiger partial charge in [-0.25, -0.2) is 0 Å². The number of hydrogen-bond acceptors (Lipinski definition) is 2. The van der Waals surface area contributed by atoms with E-state index in [1.165, 1.54) is 0 Å². The second kappa shape index (κ2) is 3.50. The van der Waals surface area contributed by atoms with E-state index in [-0.39, 0.29) is 5.54 Å². The summed E-state index contributed by atoms with van der Waals surface area (Å²) >= 11 is 0. The molecule has 66 valence electrons. The van der Waals surface area contributed by atoms with Crippen molar-refractivity contribution >= 4 is 0 Å². The van der Waals surface area contributed by atoms with Gasteiger partial charge in [-0.15, -0.1) is 9.60 Å². The fourth-order valence-corrected chi connectivity index (χ4v) is 1.67. The Bertz CT molecular complexity index is 119. The smallest absolute Gasteiger partial charge is 0.0307 e. The first-order chi connectivity index (χ1) is 5.16. The maximum absolute atomic E-state index is 12.5. The average Bonchev–Trinajstić information content (AvgIpc) is 1.97. The van der Waals surface area contributed by atoms with Crippen LogP contribution in [-0.2, 0) is 0 Å². The number of piperidine rings is 1. The highest BCUT2D eigenvalue weighted by Crippen LogP contribution is 2.24. The maximum Gasteiger partial charge on any atom is 0.0307 e. The topological polar surface area (TPSA) is 29.3 Å². The van der Waals surface area contributed by atoms with Crippen LogP contribution >= 0.6 is 0 Å². The van der Waals surface area contributed by atoms with E-state index in [1.807, 2.05) is 0 Å². The van der Waals surface area contributed by atoms with E-state index in [9.17, 15) is 4.48 Å². The molecule has 2 N–H and O–H groups in total. The quantitative estimate of drug-likeness (QED) is 0.620. The number of halogens is 1. The zero-order valence-electron chi connectivity index (χ0n) is 7.15. The highest BCUT2D eigenvalue weighted by atomic mass is 19.2. The van der Waals surface area contributed by atoms with E-state index in [1.54, 1.807) is 0 Å². The molecule has 0 bridgehead atoms. The molecule has 0 spiro atoms. The van der Waals surface area contributed by atoms with Gasteiger partial charge in [0.05, 0.1) is 0 Å². The lowest BCUT2D eigenvalue weighted by molar-refractivity contribution is -0.0163. The van der Waals surface area contributed by atoms with Crippen LogP contribution in [0.15, 0.2) is 0 Å². The van der Waals surface area contributed by atoms with Gasteiger partial charge in [0.25, 0.3) is 0 Å². The molecule has 1 aliphatic rings. The number of rotatable bonds is 2. The summed E-state index contributed by atoms with van der Waals surface area (Å²) in [6, 6.07) is 0. The summed E-state index contributed by atoms with van der Waals surface area (Å²) < 4.78 is 12.5. The lowest BCUT2D eigenvalue weighted by Crippen LogP contribution is -2.48. The van der Waals surface area contributed by atoms with Gasteiger partial charge in [-0.05, 0) is 19.3 Å². The molecule has 2 nitrogen and oxygen atoms in total. The van der Waals surface area contributed by atoms with Gasteiger partial charge < -0.3 is 5.73 Å². The summed E-state index contributed by atoms with van der Waals surface area (Å²) in [5.41, 5.74) is 5.97. The largest absolute Gasteiger partial charge is 0.325 e. The third-order valence-corrected chi connectivity index (χ3v) is 2.45. The van der Waals surface area contributed by atoms with E-state index in [0.29, 0.717) is 13.1 Å². The van der Waals surface area contributed by atoms with Crippen LogP contribution in [0.3, 0.4) is 0 Å². The van der Waals surface area contributed by atoms with Crippen LogP contribution in [-0.4, -0.2) is 23.8 Å². The third-order valence-electron chi connectivity index (χ3n) is 2.45. The summed E-state index contributed by atoms with van der Waals surface area (Å²) in [4.78, 5) is 0. The first-order valence-electron chi connectivity index (χ1n) is 4.36. The Morgan fingerprint density at radius 2 is 2.00 bits per heavy atom. The van der Waals surface area contributed by atoms with E-state index in [2.05, 4.69) is 6.92 Å². The SMILES string of the molecule is CCCC1(N)CCN(F)CC1. The molecular formula is C8H17FN2. The van der Waals surface area contributed by atoms with Gasteiger partial charge in [-0.1, -0.05) is 13.3 Å². The normalized spacial score (nSPS) is 25.4. The van der Waals surface area contributed by atoms with E-state index < -0.39 is 0 Å². The van der Waals surface area contributed by atoms with Crippen molar-refractivity contribution in [3.8, 4) is 0 Å². The molecule has 1 fully saturated rings. The number of nitrogens with two attached hydrogens (primary N) is 1. The Morgan fingerprint density at radius 3 is 2.45 bits per heavy atom. The van der Waals surface area contributed by atoms with Gasteiger partial charge >= 0.3 is 0 Å². The molecule has 1 saturated heterocycles. The summed E-state index contributed by atoms with van der Waals surface area (Å²) in [7, 11) is 0. The highest BCUT2D eigenvalue weighted by Gasteiger charge is 2.29. The standard InChI is InChI=1S/C8H17FN2/c1-2-3-8(10)4-6-11(9)7-5-8/h2-7,10H2,1H3. The molecule has 11 heavy (non-hydrogen) atoms. The van der Waals surface area contributed by atoms with Crippen LogP contribution in [0.25, 0.3) is 0 Å². The fourth-order valence-electron chi connectivity index (χ4n) is 1.67. The molecule has 0 atom stereocenters. The molecule has 0 aromatic heterocycles. The van der Waals surface area contributed by atoms with Crippen molar-refractivity contribution in [1.29, 1.82) is 0 Å². The summed E-state index contributed by atoms with van der Waals surface area (Å²) in [5.74, 6) is 0. The minimum absolute atomic E-state index is 0.0721. The zero-order valence-corrected chi connectivity index (χ0v) is 7.15. The molecule has 0 aliphatic carbocycles. The molecule has 0 aromatic rings. The van der Waals surface area contributed by atoms with Gasteiger partial charge in [-0.2, -0.15) is 0 Å². The summed E-state index contributed by atoms with van der Waals surface area (Å²) in [5, 5.41) is 0.862. The first kappa shape index (κ1) is 8.94. The maximum atomic E-state index is 12.5. The van der Waals surface area contributed by atoms with Gasteiger partial charge in [0.15, 0.2) is 0 Å². The molecule has 0 saturated carbocycles. The van der Waals surface area contributed by atoms with Crippen molar-refractivity contribution in [2.45, 2.75) is 38.1 Å². The number of nitrogens with zero attached hydrogens (tertiary/aromatic N) is 1. The van der Waals surface area contributed by atoms with E-state index in [4.69, 9.17) is 5.73 Å². The predicted octanol–water partition coefficient (Wildman–Crippen LogP) is 1.46. The lowest BCUT2D eigenvalue weighted by Gasteiger charge is -2.35. The second-order valence-corrected chi connectivity index (χ2v) is 3.52. The van der Waals surface area contributed by atoms with Crippen molar-refractivity contribution in [2.24, 2.45) is 5.73 Å². The fraction of sp³-hybridized carbons (Fsp3) is 1.00. The number of hydrogen-bond donors (Lipinski definition) is 1. The zero-order chi connectivity index (χ0) is 8.32. The first-order valence-corrected chi connectivity index (χ1v) is 4.36. The Kier molecular flexibility index (Phi) is 2.84. The van der Waals surface area contributed by atoms with Gasteiger partial charge in [0, 0.05) is 18.6 Å². The molecular weight excluding hydrogens is 143 g/mol. The summed E-state index contributed by atoms with van der Waals surface area (Å²) in [6.07, 6.45) is 3.73. The molecule has 1 heterocycles. The van der Waals surface area contributed by atoms with Crippen LogP contribution in [0.4, 0.5) is 4.48 Å². The van der Waals surface area contributed by atoms with Crippen molar-refractivity contribution in [3.63, 3.8) is 0 Å². The highest BCUT2D eigenvalue weighted by molar-refractivity contribution is 4.87. The molecule has 1 aliphatic heterocycles. The Balaban J connectivity index is 2.35. The molecule has 0 amide bonds. The van der Waals surface area contributed by atoms with Crippen LogP contribution in [0, 0.1) is 0 Å². The lowest BCUT2D eigenvalue weighted by atomic mass is 9.85. The van der Waals surface area contributed by atoms with Crippen molar-refractivity contribution in [1.82, 2.24) is 5.12 Å². The monoisotopic (exact) mass is 160 g/mol. The van der Waals surface area contributed by atoms with Crippen LogP contribution in [0.2, 0.25) is 0 Å². The molecule has 0 unspecified atom stereocenters. The molecule has 1 rings (SSSR count). The minimum atomic E-state index is -0.0721. The van der Waals surface area contributed by atoms with Gasteiger partial charge in [-0.3, -0.25) is 0 Å². The Hall–Kier alpha value is -0.150.